The van der Waals surface area contributed by atoms with E-state index in [0.717, 1.165) is 30.8 Å². The van der Waals surface area contributed by atoms with Crippen LogP contribution in [0.5, 0.6) is 0 Å². The molecule has 2 aliphatic rings. The summed E-state index contributed by atoms with van der Waals surface area (Å²) in [6, 6.07) is 16.7. The number of likely N-dealkylation sites (tertiary alicyclic amines) is 1. The zero-order chi connectivity index (χ0) is 15.8. The van der Waals surface area contributed by atoms with E-state index in [1.54, 1.807) is 0 Å². The van der Waals surface area contributed by atoms with Crippen LogP contribution < -0.4 is 11.1 Å². The van der Waals surface area contributed by atoms with Crippen molar-refractivity contribution in [2.24, 2.45) is 0 Å². The molecule has 2 heterocycles. The highest BCUT2D eigenvalue weighted by atomic mass is 16.2. The predicted molar refractivity (Wildman–Crippen MR) is 92.0 cm³/mol. The van der Waals surface area contributed by atoms with Gasteiger partial charge in [-0.15, -0.1) is 0 Å². The Bertz CT molecular complexity index is 743. The number of hydrogen-bond acceptors (Lipinski definition) is 3. The molecule has 118 valence electrons. The van der Waals surface area contributed by atoms with Gasteiger partial charge in [0.15, 0.2) is 0 Å². The Morgan fingerprint density at radius 2 is 2.00 bits per heavy atom. The Kier molecular flexibility index (Phi) is 3.45. The first-order chi connectivity index (χ1) is 11.2. The molecule has 0 radical (unpaired) electrons. The van der Waals surface area contributed by atoms with Crippen LogP contribution in [0.3, 0.4) is 0 Å². The number of fused-ring (bicyclic) bond motifs is 1. The van der Waals surface area contributed by atoms with Crippen LogP contribution >= 0.6 is 0 Å². The molecule has 0 spiro atoms. The molecule has 0 unspecified atom stereocenters. The maximum absolute atomic E-state index is 12.3. The molecule has 0 saturated carbocycles. The van der Waals surface area contributed by atoms with Crippen LogP contribution in [0.25, 0.3) is 0 Å². The molecule has 1 saturated heterocycles. The quantitative estimate of drug-likeness (QED) is 0.835. The van der Waals surface area contributed by atoms with Gasteiger partial charge < -0.3 is 16.0 Å². The van der Waals surface area contributed by atoms with Gasteiger partial charge in [0, 0.05) is 24.3 Å². The summed E-state index contributed by atoms with van der Waals surface area (Å²) in [5.41, 5.74) is 10.2. The number of anilines is 2. The molecule has 2 aromatic carbocycles. The number of nitrogens with zero attached hydrogens (tertiary/aromatic N) is 1. The Morgan fingerprint density at radius 3 is 2.78 bits per heavy atom. The van der Waals surface area contributed by atoms with E-state index in [2.05, 4.69) is 34.5 Å². The molecule has 1 fully saturated rings. The van der Waals surface area contributed by atoms with E-state index >= 15 is 0 Å². The first-order valence-electron chi connectivity index (χ1n) is 8.23. The monoisotopic (exact) mass is 307 g/mol. The number of benzene rings is 2. The molecule has 3 N–H and O–H groups in total. The largest absolute Gasteiger partial charge is 0.399 e. The number of para-hydroxylation sites is 1. The number of hydrogen-bond donors (Lipinski definition) is 2. The van der Waals surface area contributed by atoms with Crippen molar-refractivity contribution < 1.29 is 4.79 Å². The zero-order valence-electron chi connectivity index (χ0n) is 13.0. The van der Waals surface area contributed by atoms with E-state index in [1.165, 1.54) is 11.1 Å². The zero-order valence-corrected chi connectivity index (χ0v) is 13.0. The minimum Gasteiger partial charge on any atom is -0.399 e. The molecular formula is C19H21N3O. The number of carbonyl (C=O) groups excluding carboxylic acids is 1. The molecule has 0 aliphatic carbocycles. The normalized spacial score (nSPS) is 23.5. The Balaban J connectivity index is 1.72. The smallest absolute Gasteiger partial charge is 0.223 e. The highest BCUT2D eigenvalue weighted by molar-refractivity contribution is 5.79. The standard InChI is InChI=1S/C19H21N3O/c20-14-6-3-5-13(11-14)17-12-18(22-10-4-9-19(22)23)15-7-1-2-8-16(15)21-17/h1-3,5-8,11,17-18,21H,4,9-10,12,20H2/t17-,18-/m0/s1. The van der Waals surface area contributed by atoms with Gasteiger partial charge in [-0.2, -0.15) is 0 Å². The Morgan fingerprint density at radius 1 is 1.13 bits per heavy atom. The first-order valence-corrected chi connectivity index (χ1v) is 8.23. The second-order valence-corrected chi connectivity index (χ2v) is 6.40. The highest BCUT2D eigenvalue weighted by Gasteiger charge is 2.35. The average Bonchev–Trinajstić information content (AvgIpc) is 3.00. The van der Waals surface area contributed by atoms with Crippen LogP contribution in [0.2, 0.25) is 0 Å². The molecular weight excluding hydrogens is 286 g/mol. The average molecular weight is 307 g/mol. The summed E-state index contributed by atoms with van der Waals surface area (Å²) in [5, 5.41) is 3.62. The third-order valence-electron chi connectivity index (χ3n) is 4.91. The van der Waals surface area contributed by atoms with Crippen LogP contribution in [-0.4, -0.2) is 17.4 Å². The van der Waals surface area contributed by atoms with Gasteiger partial charge >= 0.3 is 0 Å². The molecule has 1 amide bonds. The van der Waals surface area contributed by atoms with Crippen molar-refractivity contribution in [2.75, 3.05) is 17.6 Å². The van der Waals surface area contributed by atoms with Gasteiger partial charge in [-0.25, -0.2) is 0 Å². The van der Waals surface area contributed by atoms with Crippen LogP contribution in [-0.2, 0) is 4.79 Å². The number of nitrogen functional groups attached to an aromatic ring is 1. The van der Waals surface area contributed by atoms with Gasteiger partial charge in [-0.3, -0.25) is 4.79 Å². The van der Waals surface area contributed by atoms with Crippen molar-refractivity contribution >= 4 is 17.3 Å². The summed E-state index contributed by atoms with van der Waals surface area (Å²) in [4.78, 5) is 14.3. The first kappa shape index (κ1) is 14.1. The number of nitrogens with two attached hydrogens (primary N) is 1. The number of carbonyl (C=O) groups is 1. The molecule has 4 nitrogen and oxygen atoms in total. The summed E-state index contributed by atoms with van der Waals surface area (Å²) in [7, 11) is 0. The second-order valence-electron chi connectivity index (χ2n) is 6.40. The van der Waals surface area contributed by atoms with Crippen LogP contribution in [0.1, 0.15) is 42.5 Å². The molecule has 0 aromatic heterocycles. The third-order valence-corrected chi connectivity index (χ3v) is 4.91. The van der Waals surface area contributed by atoms with E-state index < -0.39 is 0 Å². The van der Waals surface area contributed by atoms with E-state index in [-0.39, 0.29) is 18.0 Å². The molecule has 4 rings (SSSR count). The van der Waals surface area contributed by atoms with Gasteiger partial charge in [0.25, 0.3) is 0 Å². The molecule has 2 aliphatic heterocycles. The SMILES string of the molecule is Nc1cccc([C@@H]2C[C@H](N3CCCC3=O)c3ccccc3N2)c1. The van der Waals surface area contributed by atoms with Gasteiger partial charge in [0.1, 0.15) is 0 Å². The van der Waals surface area contributed by atoms with Gasteiger partial charge in [-0.1, -0.05) is 30.3 Å². The maximum Gasteiger partial charge on any atom is 0.223 e. The molecule has 23 heavy (non-hydrogen) atoms. The van der Waals surface area contributed by atoms with E-state index in [4.69, 9.17) is 5.73 Å². The van der Waals surface area contributed by atoms with Crippen molar-refractivity contribution in [1.29, 1.82) is 0 Å². The lowest BCUT2D eigenvalue weighted by Gasteiger charge is -2.38. The van der Waals surface area contributed by atoms with Gasteiger partial charge in [0.05, 0.1) is 12.1 Å². The lowest BCUT2D eigenvalue weighted by molar-refractivity contribution is -0.130. The topological polar surface area (TPSA) is 58.4 Å². The molecule has 2 aromatic rings. The minimum absolute atomic E-state index is 0.147. The minimum atomic E-state index is 0.147. The van der Waals surface area contributed by atoms with Gasteiger partial charge in [0.2, 0.25) is 5.91 Å². The summed E-state index contributed by atoms with van der Waals surface area (Å²) in [6.45, 7) is 0.863. The maximum atomic E-state index is 12.3. The van der Waals surface area contributed by atoms with Crippen molar-refractivity contribution in [1.82, 2.24) is 4.90 Å². The fourth-order valence-electron chi connectivity index (χ4n) is 3.80. The van der Waals surface area contributed by atoms with Crippen LogP contribution in [0, 0.1) is 0 Å². The van der Waals surface area contributed by atoms with E-state index in [9.17, 15) is 4.79 Å². The summed E-state index contributed by atoms with van der Waals surface area (Å²) >= 11 is 0. The number of amides is 1. The van der Waals surface area contributed by atoms with Crippen LogP contribution in [0.4, 0.5) is 11.4 Å². The Labute approximate surface area is 136 Å². The second kappa shape index (κ2) is 5.61. The molecule has 2 atom stereocenters. The summed E-state index contributed by atoms with van der Waals surface area (Å²) < 4.78 is 0. The lowest BCUT2D eigenvalue weighted by atomic mass is 9.88. The van der Waals surface area contributed by atoms with Crippen molar-refractivity contribution in [3.05, 3.63) is 59.7 Å². The molecule has 4 heteroatoms. The highest BCUT2D eigenvalue weighted by Crippen LogP contribution is 2.43. The van der Waals surface area contributed by atoms with Crippen molar-refractivity contribution in [3.63, 3.8) is 0 Å². The summed E-state index contributed by atoms with van der Waals surface area (Å²) in [6.07, 6.45) is 2.52. The van der Waals surface area contributed by atoms with Crippen molar-refractivity contribution in [3.8, 4) is 0 Å². The molecule has 0 bridgehead atoms. The van der Waals surface area contributed by atoms with E-state index in [1.807, 2.05) is 24.3 Å². The Hall–Kier alpha value is -2.49. The van der Waals surface area contributed by atoms with Crippen LogP contribution in [0.15, 0.2) is 48.5 Å². The lowest BCUT2D eigenvalue weighted by Crippen LogP contribution is -2.35. The number of nitrogens with one attached hydrogen (secondary N) is 1. The predicted octanol–water partition coefficient (Wildman–Crippen LogP) is 3.49. The van der Waals surface area contributed by atoms with Crippen molar-refractivity contribution in [2.45, 2.75) is 31.3 Å². The van der Waals surface area contributed by atoms with E-state index in [0.29, 0.717) is 6.42 Å². The third kappa shape index (κ3) is 2.54. The number of rotatable bonds is 2. The summed E-state index contributed by atoms with van der Waals surface area (Å²) in [5.74, 6) is 0.276. The van der Waals surface area contributed by atoms with Gasteiger partial charge in [-0.05, 0) is 42.2 Å². The fraction of sp³-hybridized carbons (Fsp3) is 0.316. The fourth-order valence-corrected chi connectivity index (χ4v) is 3.80.